The van der Waals surface area contributed by atoms with Crippen molar-refractivity contribution >= 4 is 11.6 Å². The molecule has 0 bridgehead atoms. The zero-order chi connectivity index (χ0) is 15.6. The van der Waals surface area contributed by atoms with Gasteiger partial charge in [-0.25, -0.2) is 0 Å². The summed E-state index contributed by atoms with van der Waals surface area (Å²) in [4.78, 5) is 0. The van der Waals surface area contributed by atoms with E-state index in [-0.39, 0.29) is 5.41 Å². The van der Waals surface area contributed by atoms with Crippen LogP contribution in [0.25, 0.3) is 0 Å². The lowest BCUT2D eigenvalue weighted by Crippen LogP contribution is -2.38. The highest BCUT2D eigenvalue weighted by molar-refractivity contribution is 6.31. The highest BCUT2D eigenvalue weighted by Crippen LogP contribution is 2.49. The van der Waals surface area contributed by atoms with Gasteiger partial charge in [-0.05, 0) is 24.8 Å². The molecule has 3 nitrogen and oxygen atoms in total. The first kappa shape index (κ1) is 15.9. The number of benzene rings is 1. The molecule has 2 N–H and O–H groups in total. The van der Waals surface area contributed by atoms with Crippen molar-refractivity contribution in [2.75, 3.05) is 19.8 Å². The van der Waals surface area contributed by atoms with Gasteiger partial charge in [-0.3, -0.25) is 0 Å². The molecule has 0 unspecified atom stereocenters. The first-order valence-corrected chi connectivity index (χ1v) is 8.91. The van der Waals surface area contributed by atoms with Gasteiger partial charge in [0.05, 0.1) is 13.2 Å². The molecule has 0 amide bonds. The average molecular weight is 324 g/mol. The van der Waals surface area contributed by atoms with E-state index in [4.69, 9.17) is 26.8 Å². The van der Waals surface area contributed by atoms with Gasteiger partial charge in [0.1, 0.15) is 0 Å². The Kier molecular flexibility index (Phi) is 4.84. The number of nitrogens with two attached hydrogens (primary N) is 1. The minimum Gasteiger partial charge on any atom is -0.489 e. The summed E-state index contributed by atoms with van der Waals surface area (Å²) in [5.41, 5.74) is 8.67. The normalized spacial score (nSPS) is 20.5. The second-order valence-corrected chi connectivity index (χ2v) is 6.90. The molecule has 1 aromatic carbocycles. The number of hydrogen-bond donors (Lipinski definition) is 1. The molecule has 0 atom stereocenters. The van der Waals surface area contributed by atoms with Crippen LogP contribution in [0, 0.1) is 0 Å². The number of hydrogen-bond acceptors (Lipinski definition) is 3. The SMILES string of the molecule is CCc1c2c(cc(Cl)c1C1(CN)CCCCC1)OCCCO2. The van der Waals surface area contributed by atoms with Crippen LogP contribution in [0.1, 0.15) is 56.6 Å². The van der Waals surface area contributed by atoms with Crippen molar-refractivity contribution in [3.63, 3.8) is 0 Å². The van der Waals surface area contributed by atoms with E-state index in [1.807, 2.05) is 6.07 Å². The Morgan fingerprint density at radius 2 is 1.86 bits per heavy atom. The molecule has 0 spiro atoms. The molecule has 1 saturated carbocycles. The summed E-state index contributed by atoms with van der Waals surface area (Å²) in [5.74, 6) is 1.70. The lowest BCUT2D eigenvalue weighted by molar-refractivity contribution is 0.290. The van der Waals surface area contributed by atoms with Crippen molar-refractivity contribution in [3.8, 4) is 11.5 Å². The van der Waals surface area contributed by atoms with E-state index in [2.05, 4.69) is 6.92 Å². The number of halogens is 1. The number of rotatable bonds is 3. The summed E-state index contributed by atoms with van der Waals surface area (Å²) in [7, 11) is 0. The zero-order valence-electron chi connectivity index (χ0n) is 13.4. The van der Waals surface area contributed by atoms with Gasteiger partial charge in [0.2, 0.25) is 0 Å². The Bertz CT molecular complexity index is 538. The third-order valence-electron chi connectivity index (χ3n) is 5.17. The monoisotopic (exact) mass is 323 g/mol. The fourth-order valence-electron chi connectivity index (χ4n) is 4.04. The predicted octanol–water partition coefficient (Wildman–Crippen LogP) is 4.22. The Morgan fingerprint density at radius 1 is 1.14 bits per heavy atom. The molecule has 3 rings (SSSR count). The van der Waals surface area contributed by atoms with E-state index in [0.29, 0.717) is 19.8 Å². The van der Waals surface area contributed by atoms with Crippen molar-refractivity contribution in [3.05, 3.63) is 22.2 Å². The molecule has 22 heavy (non-hydrogen) atoms. The van der Waals surface area contributed by atoms with Gasteiger partial charge >= 0.3 is 0 Å². The summed E-state index contributed by atoms with van der Waals surface area (Å²) < 4.78 is 11.9. The smallest absolute Gasteiger partial charge is 0.164 e. The standard InChI is InChI=1S/C18H26ClNO2/c1-2-13-16(18(12-20)7-4-3-5-8-18)14(19)11-15-17(13)22-10-6-9-21-15/h11H,2-10,12,20H2,1H3. The van der Waals surface area contributed by atoms with Gasteiger partial charge in [-0.2, -0.15) is 0 Å². The van der Waals surface area contributed by atoms with Gasteiger partial charge in [0, 0.05) is 35.0 Å². The maximum atomic E-state index is 6.71. The molecule has 0 radical (unpaired) electrons. The molecule has 2 aliphatic rings. The van der Waals surface area contributed by atoms with Crippen LogP contribution in [-0.2, 0) is 11.8 Å². The summed E-state index contributed by atoms with van der Waals surface area (Å²) >= 11 is 6.71. The van der Waals surface area contributed by atoms with E-state index >= 15 is 0 Å². The topological polar surface area (TPSA) is 44.5 Å². The van der Waals surface area contributed by atoms with E-state index in [1.165, 1.54) is 30.4 Å². The van der Waals surface area contributed by atoms with Gasteiger partial charge in [-0.15, -0.1) is 0 Å². The minimum atomic E-state index is 0.00533. The maximum Gasteiger partial charge on any atom is 0.164 e. The Balaban J connectivity index is 2.15. The van der Waals surface area contributed by atoms with Crippen LogP contribution in [0.5, 0.6) is 11.5 Å². The van der Waals surface area contributed by atoms with E-state index < -0.39 is 0 Å². The van der Waals surface area contributed by atoms with Crippen molar-refractivity contribution in [1.82, 2.24) is 0 Å². The molecule has 0 saturated heterocycles. The highest BCUT2D eigenvalue weighted by Gasteiger charge is 2.38. The second kappa shape index (κ2) is 6.67. The molecule has 1 aromatic rings. The Morgan fingerprint density at radius 3 is 2.55 bits per heavy atom. The van der Waals surface area contributed by atoms with Gasteiger partial charge in [0.25, 0.3) is 0 Å². The third kappa shape index (κ3) is 2.69. The molecule has 0 aromatic heterocycles. The zero-order valence-corrected chi connectivity index (χ0v) is 14.2. The molecule has 1 heterocycles. The van der Waals surface area contributed by atoms with Crippen molar-refractivity contribution < 1.29 is 9.47 Å². The first-order valence-electron chi connectivity index (χ1n) is 8.53. The van der Waals surface area contributed by atoms with Gasteiger partial charge < -0.3 is 15.2 Å². The summed E-state index contributed by atoms with van der Waals surface area (Å²) in [6, 6.07) is 1.95. The highest BCUT2D eigenvalue weighted by atomic mass is 35.5. The fraction of sp³-hybridized carbons (Fsp3) is 0.667. The van der Waals surface area contributed by atoms with Crippen LogP contribution in [0.15, 0.2) is 6.07 Å². The minimum absolute atomic E-state index is 0.00533. The quantitative estimate of drug-likeness (QED) is 0.905. The number of ether oxygens (including phenoxy) is 2. The molecule has 1 aliphatic carbocycles. The van der Waals surface area contributed by atoms with E-state index in [9.17, 15) is 0 Å². The van der Waals surface area contributed by atoms with Crippen LogP contribution < -0.4 is 15.2 Å². The summed E-state index contributed by atoms with van der Waals surface area (Å²) in [5, 5.41) is 0.799. The van der Waals surface area contributed by atoms with Crippen LogP contribution in [0.2, 0.25) is 5.02 Å². The van der Waals surface area contributed by atoms with Crippen molar-refractivity contribution in [1.29, 1.82) is 0 Å². The van der Waals surface area contributed by atoms with Crippen LogP contribution in [-0.4, -0.2) is 19.8 Å². The Labute approximate surface area is 138 Å². The largest absolute Gasteiger partial charge is 0.489 e. The molecular weight excluding hydrogens is 298 g/mol. The fourth-order valence-corrected chi connectivity index (χ4v) is 4.45. The lowest BCUT2D eigenvalue weighted by Gasteiger charge is -2.39. The average Bonchev–Trinajstić information content (AvgIpc) is 2.79. The van der Waals surface area contributed by atoms with Crippen LogP contribution in [0.4, 0.5) is 0 Å². The van der Waals surface area contributed by atoms with Crippen LogP contribution in [0.3, 0.4) is 0 Å². The van der Waals surface area contributed by atoms with Gasteiger partial charge in [0.15, 0.2) is 11.5 Å². The first-order chi connectivity index (χ1) is 10.7. The molecular formula is C18H26ClNO2. The van der Waals surface area contributed by atoms with E-state index in [0.717, 1.165) is 42.2 Å². The van der Waals surface area contributed by atoms with Crippen molar-refractivity contribution in [2.24, 2.45) is 5.73 Å². The van der Waals surface area contributed by atoms with E-state index in [1.54, 1.807) is 0 Å². The predicted molar refractivity (Wildman–Crippen MR) is 90.3 cm³/mol. The summed E-state index contributed by atoms with van der Waals surface area (Å²) in [6.07, 6.45) is 7.80. The Hall–Kier alpha value is -0.930. The van der Waals surface area contributed by atoms with Crippen LogP contribution >= 0.6 is 11.6 Å². The molecule has 1 fully saturated rings. The van der Waals surface area contributed by atoms with Crippen molar-refractivity contribution in [2.45, 2.75) is 57.3 Å². The van der Waals surface area contributed by atoms with Gasteiger partial charge in [-0.1, -0.05) is 37.8 Å². The molecule has 122 valence electrons. The molecule has 4 heteroatoms. The third-order valence-corrected chi connectivity index (χ3v) is 5.47. The molecule has 1 aliphatic heterocycles. The lowest BCUT2D eigenvalue weighted by atomic mass is 9.67. The second-order valence-electron chi connectivity index (χ2n) is 6.49. The number of fused-ring (bicyclic) bond motifs is 1. The maximum absolute atomic E-state index is 6.71. The summed E-state index contributed by atoms with van der Waals surface area (Å²) in [6.45, 7) is 4.21.